The topological polar surface area (TPSA) is 62.7 Å². The number of anilines is 1. The van der Waals surface area contributed by atoms with Gasteiger partial charge in [-0.3, -0.25) is 9.78 Å². The zero-order valence-electron chi connectivity index (χ0n) is 11.5. The predicted octanol–water partition coefficient (Wildman–Crippen LogP) is 2.42. The van der Waals surface area contributed by atoms with E-state index in [0.717, 1.165) is 16.6 Å². The van der Waals surface area contributed by atoms with Crippen LogP contribution in [0.1, 0.15) is 0 Å². The van der Waals surface area contributed by atoms with Crippen molar-refractivity contribution in [3.05, 3.63) is 35.5 Å². The molecule has 1 N–H and O–H groups in total. The lowest BCUT2D eigenvalue weighted by Crippen LogP contribution is -2.41. The SMILES string of the molecule is CN(c1ccnc2cc(Cl)ccc12)C1COCC1C(=O)O. The average molecular weight is 307 g/mol. The number of aliphatic carboxylic acids is 1. The van der Waals surface area contributed by atoms with Crippen LogP contribution in [0.3, 0.4) is 0 Å². The van der Waals surface area contributed by atoms with Crippen molar-refractivity contribution in [3.8, 4) is 0 Å². The number of benzene rings is 1. The Balaban J connectivity index is 2.01. The van der Waals surface area contributed by atoms with Crippen LogP contribution in [-0.2, 0) is 9.53 Å². The smallest absolute Gasteiger partial charge is 0.311 e. The molecule has 6 heteroatoms. The van der Waals surface area contributed by atoms with Crippen LogP contribution in [-0.4, -0.2) is 42.4 Å². The summed E-state index contributed by atoms with van der Waals surface area (Å²) in [6, 6.07) is 7.20. The van der Waals surface area contributed by atoms with Gasteiger partial charge in [-0.05, 0) is 24.3 Å². The number of likely N-dealkylation sites (N-methyl/N-ethyl adjacent to an activating group) is 1. The van der Waals surface area contributed by atoms with E-state index in [9.17, 15) is 9.90 Å². The van der Waals surface area contributed by atoms with E-state index in [1.54, 1.807) is 12.3 Å². The number of pyridine rings is 1. The van der Waals surface area contributed by atoms with E-state index >= 15 is 0 Å². The lowest BCUT2D eigenvalue weighted by atomic mass is 10.0. The molecular weight excluding hydrogens is 292 g/mol. The highest BCUT2D eigenvalue weighted by atomic mass is 35.5. The van der Waals surface area contributed by atoms with E-state index in [1.165, 1.54) is 0 Å². The molecule has 2 heterocycles. The fourth-order valence-corrected chi connectivity index (χ4v) is 2.92. The largest absolute Gasteiger partial charge is 0.481 e. The third-order valence-corrected chi connectivity index (χ3v) is 4.16. The maximum absolute atomic E-state index is 11.3. The zero-order valence-corrected chi connectivity index (χ0v) is 12.2. The van der Waals surface area contributed by atoms with Gasteiger partial charge in [-0.1, -0.05) is 11.6 Å². The first-order valence-corrected chi connectivity index (χ1v) is 7.03. The third-order valence-electron chi connectivity index (χ3n) is 3.93. The second kappa shape index (κ2) is 5.50. The third kappa shape index (κ3) is 2.54. The monoisotopic (exact) mass is 306 g/mol. The molecule has 0 saturated carbocycles. The van der Waals surface area contributed by atoms with Gasteiger partial charge in [0.2, 0.25) is 0 Å². The Morgan fingerprint density at radius 3 is 3.00 bits per heavy atom. The second-order valence-corrected chi connectivity index (χ2v) is 5.59. The molecule has 0 radical (unpaired) electrons. The lowest BCUT2D eigenvalue weighted by Gasteiger charge is -2.29. The highest BCUT2D eigenvalue weighted by Crippen LogP contribution is 2.31. The molecule has 1 aliphatic heterocycles. The van der Waals surface area contributed by atoms with Crippen LogP contribution in [0.4, 0.5) is 5.69 Å². The number of carboxylic acid groups (broad SMARTS) is 1. The second-order valence-electron chi connectivity index (χ2n) is 5.15. The van der Waals surface area contributed by atoms with Crippen LogP contribution in [0, 0.1) is 5.92 Å². The predicted molar refractivity (Wildman–Crippen MR) is 80.9 cm³/mol. The summed E-state index contributed by atoms with van der Waals surface area (Å²) < 4.78 is 5.35. The summed E-state index contributed by atoms with van der Waals surface area (Å²) in [7, 11) is 1.89. The molecular formula is C15H15ClN2O3. The van der Waals surface area contributed by atoms with Gasteiger partial charge in [-0.25, -0.2) is 0 Å². The highest BCUT2D eigenvalue weighted by molar-refractivity contribution is 6.31. The van der Waals surface area contributed by atoms with Crippen molar-refractivity contribution >= 4 is 34.2 Å². The number of fused-ring (bicyclic) bond motifs is 1. The Kier molecular flexibility index (Phi) is 3.69. The van der Waals surface area contributed by atoms with Gasteiger partial charge in [-0.15, -0.1) is 0 Å². The Morgan fingerprint density at radius 2 is 2.24 bits per heavy atom. The lowest BCUT2D eigenvalue weighted by molar-refractivity contribution is -0.141. The molecule has 1 fully saturated rings. The molecule has 1 aromatic carbocycles. The molecule has 0 amide bonds. The highest BCUT2D eigenvalue weighted by Gasteiger charge is 2.37. The van der Waals surface area contributed by atoms with Crippen molar-refractivity contribution in [1.29, 1.82) is 0 Å². The molecule has 0 spiro atoms. The van der Waals surface area contributed by atoms with Crippen LogP contribution < -0.4 is 4.90 Å². The number of rotatable bonds is 3. The van der Waals surface area contributed by atoms with E-state index in [0.29, 0.717) is 11.6 Å². The maximum atomic E-state index is 11.3. The molecule has 0 bridgehead atoms. The molecule has 21 heavy (non-hydrogen) atoms. The Labute approximate surface area is 127 Å². The average Bonchev–Trinajstić information content (AvgIpc) is 2.95. The molecule has 1 saturated heterocycles. The van der Waals surface area contributed by atoms with Crippen LogP contribution in [0.25, 0.3) is 10.9 Å². The minimum atomic E-state index is -0.828. The fourth-order valence-electron chi connectivity index (χ4n) is 2.75. The molecule has 0 aliphatic carbocycles. The Morgan fingerprint density at radius 1 is 1.43 bits per heavy atom. The first-order chi connectivity index (χ1) is 10.1. The summed E-state index contributed by atoms with van der Waals surface area (Å²) in [4.78, 5) is 17.6. The number of nitrogens with zero attached hydrogens (tertiary/aromatic N) is 2. The van der Waals surface area contributed by atoms with Gasteiger partial charge >= 0.3 is 5.97 Å². The van der Waals surface area contributed by atoms with Gasteiger partial charge in [0.15, 0.2) is 0 Å². The number of aromatic nitrogens is 1. The first kappa shape index (κ1) is 14.1. The van der Waals surface area contributed by atoms with Crippen LogP contribution >= 0.6 is 11.6 Å². The number of ether oxygens (including phenoxy) is 1. The van der Waals surface area contributed by atoms with Gasteiger partial charge in [-0.2, -0.15) is 0 Å². The Bertz CT molecular complexity index is 692. The molecule has 1 aliphatic rings. The van der Waals surface area contributed by atoms with E-state index in [-0.39, 0.29) is 12.6 Å². The summed E-state index contributed by atoms with van der Waals surface area (Å²) in [5.74, 6) is -1.35. The molecule has 2 atom stereocenters. The van der Waals surface area contributed by atoms with Gasteiger partial charge in [0, 0.05) is 29.3 Å². The molecule has 110 valence electrons. The van der Waals surface area contributed by atoms with Gasteiger partial charge < -0.3 is 14.7 Å². The van der Waals surface area contributed by atoms with Crippen molar-refractivity contribution in [2.24, 2.45) is 5.92 Å². The minimum Gasteiger partial charge on any atom is -0.481 e. The van der Waals surface area contributed by atoms with E-state index in [4.69, 9.17) is 16.3 Å². The van der Waals surface area contributed by atoms with Gasteiger partial charge in [0.05, 0.1) is 24.8 Å². The number of hydrogen-bond donors (Lipinski definition) is 1. The number of carboxylic acids is 1. The van der Waals surface area contributed by atoms with Crippen LogP contribution in [0.5, 0.6) is 0 Å². The van der Waals surface area contributed by atoms with E-state index in [1.807, 2.05) is 30.1 Å². The van der Waals surface area contributed by atoms with E-state index in [2.05, 4.69) is 4.98 Å². The van der Waals surface area contributed by atoms with Crippen LogP contribution in [0.15, 0.2) is 30.5 Å². The minimum absolute atomic E-state index is 0.191. The fraction of sp³-hybridized carbons (Fsp3) is 0.333. The van der Waals surface area contributed by atoms with Crippen molar-refractivity contribution in [3.63, 3.8) is 0 Å². The molecule has 2 aromatic rings. The molecule has 1 aromatic heterocycles. The van der Waals surface area contributed by atoms with Crippen molar-refractivity contribution in [2.75, 3.05) is 25.2 Å². The van der Waals surface area contributed by atoms with Gasteiger partial charge in [0.25, 0.3) is 0 Å². The van der Waals surface area contributed by atoms with Crippen molar-refractivity contribution in [1.82, 2.24) is 4.98 Å². The van der Waals surface area contributed by atoms with E-state index < -0.39 is 11.9 Å². The summed E-state index contributed by atoms with van der Waals surface area (Å²) in [5.41, 5.74) is 1.72. The zero-order chi connectivity index (χ0) is 15.0. The van der Waals surface area contributed by atoms with Crippen molar-refractivity contribution in [2.45, 2.75) is 6.04 Å². The first-order valence-electron chi connectivity index (χ1n) is 6.65. The summed E-state index contributed by atoms with van der Waals surface area (Å²) >= 11 is 5.99. The number of hydrogen-bond acceptors (Lipinski definition) is 4. The van der Waals surface area contributed by atoms with Crippen molar-refractivity contribution < 1.29 is 14.6 Å². The quantitative estimate of drug-likeness (QED) is 0.943. The molecule has 3 rings (SSSR count). The van der Waals surface area contributed by atoms with Crippen LogP contribution in [0.2, 0.25) is 5.02 Å². The maximum Gasteiger partial charge on any atom is 0.311 e. The summed E-state index contributed by atoms with van der Waals surface area (Å²) in [6.45, 7) is 0.657. The standard InChI is InChI=1S/C15H15ClN2O3/c1-18(14-8-21-7-11(14)15(19)20)13-4-5-17-12-6-9(16)2-3-10(12)13/h2-6,11,14H,7-8H2,1H3,(H,19,20). The number of carbonyl (C=O) groups is 1. The Hall–Kier alpha value is -1.85. The normalized spacial score (nSPS) is 21.6. The summed E-state index contributed by atoms with van der Waals surface area (Å²) in [5, 5.41) is 10.9. The number of halogens is 1. The summed E-state index contributed by atoms with van der Waals surface area (Å²) in [6.07, 6.45) is 1.70. The molecule has 2 unspecified atom stereocenters. The molecule has 5 nitrogen and oxygen atoms in total. The van der Waals surface area contributed by atoms with Gasteiger partial charge in [0.1, 0.15) is 5.92 Å².